The molecule has 1 unspecified atom stereocenters. The van der Waals surface area contributed by atoms with Crippen molar-refractivity contribution in [1.82, 2.24) is 10.6 Å². The first-order valence-corrected chi connectivity index (χ1v) is 6.89. The minimum Gasteiger partial charge on any atom is -0.480 e. The summed E-state index contributed by atoms with van der Waals surface area (Å²) in [6.45, 7) is 2.44. The first kappa shape index (κ1) is 13.2. The summed E-state index contributed by atoms with van der Waals surface area (Å²) in [5, 5.41) is 14.2. The Morgan fingerprint density at radius 2 is 1.78 bits per heavy atom. The highest BCUT2D eigenvalue weighted by Crippen LogP contribution is 2.48. The quantitative estimate of drug-likeness (QED) is 0.645. The standard InChI is InChI=1S/C13H22N2O3/c1-2-11(12(16)17)15-13(18)14-7-10(8-3-4-8)9-5-6-9/h8-11H,2-7H2,1H3,(H,16,17)(H2,14,15,18). The molecule has 0 aliphatic heterocycles. The van der Waals surface area contributed by atoms with Crippen LogP contribution in [0.2, 0.25) is 0 Å². The van der Waals surface area contributed by atoms with Gasteiger partial charge in [-0.05, 0) is 49.9 Å². The topological polar surface area (TPSA) is 78.4 Å². The molecule has 2 amide bonds. The van der Waals surface area contributed by atoms with E-state index in [9.17, 15) is 9.59 Å². The lowest BCUT2D eigenvalue weighted by Crippen LogP contribution is -2.47. The summed E-state index contributed by atoms with van der Waals surface area (Å²) >= 11 is 0. The number of nitrogens with one attached hydrogen (secondary N) is 2. The number of carbonyl (C=O) groups excluding carboxylic acids is 1. The summed E-state index contributed by atoms with van der Waals surface area (Å²) in [6.07, 6.45) is 5.56. The van der Waals surface area contributed by atoms with Crippen LogP contribution in [0.4, 0.5) is 4.79 Å². The Morgan fingerprint density at radius 1 is 1.22 bits per heavy atom. The highest BCUT2D eigenvalue weighted by molar-refractivity contribution is 5.82. The third-order valence-electron chi connectivity index (χ3n) is 3.97. The fourth-order valence-corrected chi connectivity index (χ4v) is 2.53. The molecule has 102 valence electrons. The molecule has 1 atom stereocenters. The van der Waals surface area contributed by atoms with Crippen LogP contribution in [0.3, 0.4) is 0 Å². The minimum atomic E-state index is -0.978. The predicted octanol–water partition coefficient (Wildman–Crippen LogP) is 1.58. The molecule has 0 spiro atoms. The molecule has 2 rings (SSSR count). The Labute approximate surface area is 107 Å². The maximum atomic E-state index is 11.6. The third kappa shape index (κ3) is 3.62. The number of carboxylic acid groups (broad SMARTS) is 1. The summed E-state index contributed by atoms with van der Waals surface area (Å²) < 4.78 is 0. The molecule has 2 fully saturated rings. The van der Waals surface area contributed by atoms with E-state index >= 15 is 0 Å². The Balaban J connectivity index is 1.71. The maximum absolute atomic E-state index is 11.6. The summed E-state index contributed by atoms with van der Waals surface area (Å²) in [5.74, 6) is 1.22. The fraction of sp³-hybridized carbons (Fsp3) is 0.846. The van der Waals surface area contributed by atoms with Crippen LogP contribution in [0.25, 0.3) is 0 Å². The van der Waals surface area contributed by atoms with Crippen LogP contribution in [-0.2, 0) is 4.79 Å². The van der Waals surface area contributed by atoms with Crippen LogP contribution in [-0.4, -0.2) is 29.7 Å². The summed E-state index contributed by atoms with van der Waals surface area (Å²) in [5.41, 5.74) is 0. The molecule has 0 saturated heterocycles. The van der Waals surface area contributed by atoms with Gasteiger partial charge in [0.25, 0.3) is 0 Å². The minimum absolute atomic E-state index is 0.351. The van der Waals surface area contributed by atoms with Crippen LogP contribution in [0.15, 0.2) is 0 Å². The van der Waals surface area contributed by atoms with Crippen molar-refractivity contribution in [2.24, 2.45) is 17.8 Å². The zero-order valence-corrected chi connectivity index (χ0v) is 10.8. The third-order valence-corrected chi connectivity index (χ3v) is 3.97. The van der Waals surface area contributed by atoms with E-state index in [1.54, 1.807) is 6.92 Å². The van der Waals surface area contributed by atoms with E-state index in [1.807, 2.05) is 0 Å². The molecule has 0 aromatic rings. The van der Waals surface area contributed by atoms with Crippen molar-refractivity contribution in [1.29, 1.82) is 0 Å². The maximum Gasteiger partial charge on any atom is 0.326 e. The number of rotatable bonds is 7. The highest BCUT2D eigenvalue weighted by atomic mass is 16.4. The summed E-state index contributed by atoms with van der Waals surface area (Å²) in [4.78, 5) is 22.4. The molecule has 3 N–H and O–H groups in total. The average Bonchev–Trinajstić information content (AvgIpc) is 3.16. The van der Waals surface area contributed by atoms with Gasteiger partial charge in [-0.15, -0.1) is 0 Å². The molecule has 0 aromatic heterocycles. The van der Waals surface area contributed by atoms with Gasteiger partial charge in [0.1, 0.15) is 6.04 Å². The number of hydrogen-bond donors (Lipinski definition) is 3. The van der Waals surface area contributed by atoms with Gasteiger partial charge < -0.3 is 15.7 Å². The van der Waals surface area contributed by atoms with E-state index in [0.717, 1.165) is 11.8 Å². The molecule has 2 aliphatic rings. The van der Waals surface area contributed by atoms with E-state index in [0.29, 0.717) is 18.9 Å². The van der Waals surface area contributed by atoms with Crippen molar-refractivity contribution in [3.8, 4) is 0 Å². The first-order chi connectivity index (χ1) is 8.61. The van der Waals surface area contributed by atoms with E-state index in [-0.39, 0.29) is 6.03 Å². The van der Waals surface area contributed by atoms with Crippen LogP contribution in [0, 0.1) is 17.8 Å². The van der Waals surface area contributed by atoms with Crippen LogP contribution >= 0.6 is 0 Å². The zero-order valence-electron chi connectivity index (χ0n) is 10.8. The van der Waals surface area contributed by atoms with Gasteiger partial charge in [-0.25, -0.2) is 9.59 Å². The van der Waals surface area contributed by atoms with Crippen LogP contribution < -0.4 is 10.6 Å². The van der Waals surface area contributed by atoms with Crippen molar-refractivity contribution < 1.29 is 14.7 Å². The number of urea groups is 1. The van der Waals surface area contributed by atoms with Crippen molar-refractivity contribution in [3.63, 3.8) is 0 Å². The molecular formula is C13H22N2O3. The van der Waals surface area contributed by atoms with Crippen molar-refractivity contribution in [2.75, 3.05) is 6.54 Å². The highest BCUT2D eigenvalue weighted by Gasteiger charge is 2.41. The molecule has 0 radical (unpaired) electrons. The molecule has 18 heavy (non-hydrogen) atoms. The average molecular weight is 254 g/mol. The monoisotopic (exact) mass is 254 g/mol. The second kappa shape index (κ2) is 5.59. The molecule has 0 bridgehead atoms. The van der Waals surface area contributed by atoms with Gasteiger partial charge in [-0.2, -0.15) is 0 Å². The van der Waals surface area contributed by atoms with Crippen LogP contribution in [0.5, 0.6) is 0 Å². The number of aliphatic carboxylic acids is 1. The number of carbonyl (C=O) groups is 2. The summed E-state index contributed by atoms with van der Waals surface area (Å²) in [7, 11) is 0. The van der Waals surface area contributed by atoms with E-state index in [1.165, 1.54) is 25.7 Å². The van der Waals surface area contributed by atoms with Gasteiger partial charge in [0, 0.05) is 6.54 Å². The van der Waals surface area contributed by atoms with E-state index in [4.69, 9.17) is 5.11 Å². The van der Waals surface area contributed by atoms with E-state index in [2.05, 4.69) is 10.6 Å². The van der Waals surface area contributed by atoms with E-state index < -0.39 is 12.0 Å². The van der Waals surface area contributed by atoms with Gasteiger partial charge >= 0.3 is 12.0 Å². The SMILES string of the molecule is CCC(NC(=O)NCC(C1CC1)C1CC1)C(=O)O. The molecule has 0 aromatic carbocycles. The van der Waals surface area contributed by atoms with Crippen molar-refractivity contribution >= 4 is 12.0 Å². The normalized spacial score (nSPS) is 20.6. The molecule has 0 heterocycles. The lowest BCUT2D eigenvalue weighted by atomic mass is 9.98. The van der Waals surface area contributed by atoms with Gasteiger partial charge in [0.15, 0.2) is 0 Å². The summed E-state index contributed by atoms with van der Waals surface area (Å²) in [6, 6.07) is -1.14. The molecule has 2 saturated carbocycles. The first-order valence-electron chi connectivity index (χ1n) is 6.89. The Bertz CT molecular complexity index is 312. The number of amides is 2. The lowest BCUT2D eigenvalue weighted by Gasteiger charge is -2.18. The Morgan fingerprint density at radius 3 is 2.17 bits per heavy atom. The van der Waals surface area contributed by atoms with Gasteiger partial charge in [-0.3, -0.25) is 0 Å². The Kier molecular flexibility index (Phi) is 4.09. The fourth-order valence-electron chi connectivity index (χ4n) is 2.53. The molecular weight excluding hydrogens is 232 g/mol. The van der Waals surface area contributed by atoms with Gasteiger partial charge in [-0.1, -0.05) is 6.92 Å². The molecule has 5 heteroatoms. The number of carboxylic acids is 1. The Hall–Kier alpha value is -1.26. The molecule has 2 aliphatic carbocycles. The smallest absolute Gasteiger partial charge is 0.326 e. The second-order valence-corrected chi connectivity index (χ2v) is 5.49. The predicted molar refractivity (Wildman–Crippen MR) is 67.2 cm³/mol. The van der Waals surface area contributed by atoms with Gasteiger partial charge in [0.2, 0.25) is 0 Å². The largest absolute Gasteiger partial charge is 0.480 e. The van der Waals surface area contributed by atoms with Crippen molar-refractivity contribution in [3.05, 3.63) is 0 Å². The molecule has 5 nitrogen and oxygen atoms in total. The number of hydrogen-bond acceptors (Lipinski definition) is 2. The van der Waals surface area contributed by atoms with Crippen molar-refractivity contribution in [2.45, 2.75) is 45.1 Å². The lowest BCUT2D eigenvalue weighted by molar-refractivity contribution is -0.139. The zero-order chi connectivity index (χ0) is 13.1. The van der Waals surface area contributed by atoms with Gasteiger partial charge in [0.05, 0.1) is 0 Å². The second-order valence-electron chi connectivity index (χ2n) is 5.49. The van der Waals surface area contributed by atoms with Crippen LogP contribution in [0.1, 0.15) is 39.0 Å².